The molecular weight excluding hydrogens is 365 g/mol. The molecule has 0 spiro atoms. The fourth-order valence-corrected chi connectivity index (χ4v) is 3.11. The third kappa shape index (κ3) is 3.15. The average molecular weight is 384 g/mol. The van der Waals surface area contributed by atoms with Gasteiger partial charge in [-0.1, -0.05) is 24.3 Å². The first-order chi connectivity index (χ1) is 13.3. The van der Waals surface area contributed by atoms with Gasteiger partial charge in [0.05, 0.1) is 11.9 Å². The number of halogens is 3. The standard InChI is InChI=1S/C22H19F3N2O/c1-12-7-5-6-8-15(12)16-9-10-26-11-17(16)27(4)22(28)18-19(23)13(2)14(3)20(24)21(18)25/h5-11H,1-4H3. The molecule has 0 aliphatic rings. The highest BCUT2D eigenvalue weighted by molar-refractivity contribution is 6.08. The lowest BCUT2D eigenvalue weighted by Crippen LogP contribution is -2.29. The molecule has 2 aromatic carbocycles. The van der Waals surface area contributed by atoms with Crippen LogP contribution in [0.2, 0.25) is 0 Å². The predicted molar refractivity (Wildman–Crippen MR) is 103 cm³/mol. The molecule has 1 amide bonds. The molecule has 0 atom stereocenters. The van der Waals surface area contributed by atoms with E-state index in [1.165, 1.54) is 27.1 Å². The number of aromatic nitrogens is 1. The van der Waals surface area contributed by atoms with Crippen LogP contribution in [0.25, 0.3) is 11.1 Å². The Morgan fingerprint density at radius 3 is 2.21 bits per heavy atom. The molecule has 1 heterocycles. The van der Waals surface area contributed by atoms with E-state index in [0.717, 1.165) is 16.0 Å². The minimum absolute atomic E-state index is 0.0963. The monoisotopic (exact) mass is 384 g/mol. The van der Waals surface area contributed by atoms with Crippen molar-refractivity contribution in [2.24, 2.45) is 0 Å². The summed E-state index contributed by atoms with van der Waals surface area (Å²) in [4.78, 5) is 18.0. The fraction of sp³-hybridized carbons (Fsp3) is 0.182. The van der Waals surface area contributed by atoms with E-state index in [1.807, 2.05) is 31.2 Å². The molecule has 0 saturated heterocycles. The molecule has 0 unspecified atom stereocenters. The largest absolute Gasteiger partial charge is 0.309 e. The maximum Gasteiger partial charge on any atom is 0.264 e. The number of aryl methyl sites for hydroxylation is 1. The second kappa shape index (κ2) is 7.46. The molecule has 144 valence electrons. The van der Waals surface area contributed by atoms with Gasteiger partial charge in [0.1, 0.15) is 11.4 Å². The van der Waals surface area contributed by atoms with E-state index in [9.17, 15) is 18.0 Å². The second-order valence-corrected chi connectivity index (χ2v) is 6.64. The highest BCUT2D eigenvalue weighted by Gasteiger charge is 2.29. The summed E-state index contributed by atoms with van der Waals surface area (Å²) < 4.78 is 43.2. The average Bonchev–Trinajstić information content (AvgIpc) is 2.70. The molecule has 0 bridgehead atoms. The van der Waals surface area contributed by atoms with Crippen molar-refractivity contribution in [2.45, 2.75) is 20.8 Å². The summed E-state index contributed by atoms with van der Waals surface area (Å²) in [5.41, 5.74) is 1.69. The molecule has 0 radical (unpaired) electrons. The lowest BCUT2D eigenvalue weighted by molar-refractivity contribution is 0.0983. The molecule has 0 aliphatic heterocycles. The molecule has 0 saturated carbocycles. The summed E-state index contributed by atoms with van der Waals surface area (Å²) in [6, 6.07) is 9.25. The van der Waals surface area contributed by atoms with Crippen LogP contribution in [-0.4, -0.2) is 17.9 Å². The Labute approximate surface area is 161 Å². The van der Waals surface area contributed by atoms with Gasteiger partial charge in [-0.25, -0.2) is 13.2 Å². The van der Waals surface area contributed by atoms with Gasteiger partial charge in [0, 0.05) is 18.8 Å². The minimum atomic E-state index is -1.49. The molecule has 1 aromatic heterocycles. The molecule has 0 fully saturated rings. The Kier molecular flexibility index (Phi) is 5.23. The number of anilines is 1. The number of carbonyl (C=O) groups excluding carboxylic acids is 1. The Morgan fingerprint density at radius 1 is 0.893 bits per heavy atom. The smallest absolute Gasteiger partial charge is 0.264 e. The predicted octanol–water partition coefficient (Wildman–Crippen LogP) is 5.37. The van der Waals surface area contributed by atoms with Crippen molar-refractivity contribution in [3.8, 4) is 11.1 Å². The normalized spacial score (nSPS) is 10.8. The molecule has 3 nitrogen and oxygen atoms in total. The minimum Gasteiger partial charge on any atom is -0.309 e. The van der Waals surface area contributed by atoms with E-state index in [1.54, 1.807) is 12.3 Å². The molecule has 3 aromatic rings. The first-order valence-corrected chi connectivity index (χ1v) is 8.67. The first-order valence-electron chi connectivity index (χ1n) is 8.67. The van der Waals surface area contributed by atoms with Gasteiger partial charge in [-0.15, -0.1) is 0 Å². The van der Waals surface area contributed by atoms with Gasteiger partial charge >= 0.3 is 0 Å². The molecule has 28 heavy (non-hydrogen) atoms. The van der Waals surface area contributed by atoms with Crippen LogP contribution >= 0.6 is 0 Å². The van der Waals surface area contributed by atoms with E-state index in [0.29, 0.717) is 11.3 Å². The van der Waals surface area contributed by atoms with Crippen LogP contribution in [0.1, 0.15) is 27.0 Å². The van der Waals surface area contributed by atoms with E-state index in [2.05, 4.69) is 4.98 Å². The maximum absolute atomic E-state index is 14.6. The van der Waals surface area contributed by atoms with Crippen molar-refractivity contribution in [3.05, 3.63) is 82.4 Å². The summed E-state index contributed by atoms with van der Waals surface area (Å²) in [5, 5.41) is 0. The van der Waals surface area contributed by atoms with Gasteiger partial charge < -0.3 is 4.90 Å². The molecule has 6 heteroatoms. The topological polar surface area (TPSA) is 33.2 Å². The number of pyridine rings is 1. The van der Waals surface area contributed by atoms with Gasteiger partial charge in [-0.05, 0) is 49.1 Å². The number of nitrogens with zero attached hydrogens (tertiary/aromatic N) is 2. The zero-order chi connectivity index (χ0) is 20.6. The molecule has 3 rings (SSSR count). The van der Waals surface area contributed by atoms with Crippen LogP contribution in [0.3, 0.4) is 0 Å². The first kappa shape index (κ1) is 19.6. The van der Waals surface area contributed by atoms with Gasteiger partial charge in [0.15, 0.2) is 11.6 Å². The van der Waals surface area contributed by atoms with E-state index >= 15 is 0 Å². The van der Waals surface area contributed by atoms with Crippen molar-refractivity contribution in [1.29, 1.82) is 0 Å². The summed E-state index contributed by atoms with van der Waals surface area (Å²) in [5.74, 6) is -4.76. The zero-order valence-corrected chi connectivity index (χ0v) is 16.0. The summed E-state index contributed by atoms with van der Waals surface area (Å²) >= 11 is 0. The lowest BCUT2D eigenvalue weighted by Gasteiger charge is -2.22. The van der Waals surface area contributed by atoms with Crippen LogP contribution in [0.5, 0.6) is 0 Å². The van der Waals surface area contributed by atoms with Crippen LogP contribution in [0, 0.1) is 38.2 Å². The number of hydrogen-bond acceptors (Lipinski definition) is 2. The number of benzene rings is 2. The van der Waals surface area contributed by atoms with Gasteiger partial charge in [-0.3, -0.25) is 9.78 Å². The molecule has 0 aliphatic carbocycles. The zero-order valence-electron chi connectivity index (χ0n) is 16.0. The van der Waals surface area contributed by atoms with Crippen LogP contribution in [0.4, 0.5) is 18.9 Å². The Balaban J connectivity index is 2.14. The number of amides is 1. The number of rotatable bonds is 3. The van der Waals surface area contributed by atoms with Gasteiger partial charge in [0.2, 0.25) is 0 Å². The fourth-order valence-electron chi connectivity index (χ4n) is 3.11. The third-order valence-corrected chi connectivity index (χ3v) is 4.97. The van der Waals surface area contributed by atoms with E-state index in [-0.39, 0.29) is 11.1 Å². The van der Waals surface area contributed by atoms with Crippen molar-refractivity contribution < 1.29 is 18.0 Å². The molecule has 0 N–H and O–H groups in total. The third-order valence-electron chi connectivity index (χ3n) is 4.97. The van der Waals surface area contributed by atoms with Crippen molar-refractivity contribution in [3.63, 3.8) is 0 Å². The summed E-state index contributed by atoms with van der Waals surface area (Å²) in [6.45, 7) is 4.50. The quantitative estimate of drug-likeness (QED) is 0.569. The Morgan fingerprint density at radius 2 is 1.54 bits per heavy atom. The van der Waals surface area contributed by atoms with E-state index < -0.39 is 28.9 Å². The Bertz CT molecular complexity index is 1050. The molecular formula is C22H19F3N2O. The van der Waals surface area contributed by atoms with Crippen molar-refractivity contribution in [1.82, 2.24) is 4.98 Å². The van der Waals surface area contributed by atoms with Crippen LogP contribution in [0.15, 0.2) is 42.7 Å². The summed E-state index contributed by atoms with van der Waals surface area (Å²) in [7, 11) is 1.38. The number of carbonyl (C=O) groups is 1. The van der Waals surface area contributed by atoms with E-state index in [4.69, 9.17) is 0 Å². The number of hydrogen-bond donors (Lipinski definition) is 0. The van der Waals surface area contributed by atoms with Crippen molar-refractivity contribution >= 4 is 11.6 Å². The highest BCUT2D eigenvalue weighted by atomic mass is 19.2. The van der Waals surface area contributed by atoms with Gasteiger partial charge in [-0.2, -0.15) is 0 Å². The van der Waals surface area contributed by atoms with Gasteiger partial charge in [0.25, 0.3) is 5.91 Å². The van der Waals surface area contributed by atoms with Crippen LogP contribution < -0.4 is 4.90 Å². The summed E-state index contributed by atoms with van der Waals surface area (Å²) in [6.07, 6.45) is 3.01. The lowest BCUT2D eigenvalue weighted by atomic mass is 9.99. The second-order valence-electron chi connectivity index (χ2n) is 6.64. The SMILES string of the molecule is Cc1ccccc1-c1ccncc1N(C)C(=O)c1c(F)c(C)c(C)c(F)c1F. The highest BCUT2D eigenvalue weighted by Crippen LogP contribution is 2.33. The Hall–Kier alpha value is -3.15. The maximum atomic E-state index is 14.6. The van der Waals surface area contributed by atoms with Crippen LogP contribution in [-0.2, 0) is 0 Å². The van der Waals surface area contributed by atoms with Crippen molar-refractivity contribution in [2.75, 3.05) is 11.9 Å².